The van der Waals surface area contributed by atoms with E-state index in [1.165, 1.54) is 24.3 Å². The maximum Gasteiger partial charge on any atom is 0.267 e. The average Bonchev–Trinajstić information content (AvgIpc) is 3.31. The molecule has 33 heavy (non-hydrogen) atoms. The topological polar surface area (TPSA) is 59.3 Å². The second kappa shape index (κ2) is 8.47. The third-order valence-corrected chi connectivity index (χ3v) is 7.14. The van der Waals surface area contributed by atoms with Crippen LogP contribution in [-0.4, -0.2) is 11.7 Å². The van der Waals surface area contributed by atoms with Gasteiger partial charge in [0.15, 0.2) is 5.76 Å². The van der Waals surface area contributed by atoms with Gasteiger partial charge in [-0.2, -0.15) is 0 Å². The Kier molecular flexibility index (Phi) is 5.62. The molecule has 2 aromatic heterocycles. The molecule has 5 aromatic rings. The maximum atomic E-state index is 13.3. The molecule has 9 heteroatoms. The highest BCUT2D eigenvalue weighted by Crippen LogP contribution is 2.42. The first kappa shape index (κ1) is 21.9. The number of anilines is 1. The van der Waals surface area contributed by atoms with Crippen LogP contribution in [0, 0.1) is 5.82 Å². The fourth-order valence-corrected chi connectivity index (χ4v) is 5.76. The average molecular weight is 519 g/mol. The van der Waals surface area contributed by atoms with Gasteiger partial charge in [0.1, 0.15) is 16.3 Å². The molecule has 0 bridgehead atoms. The summed E-state index contributed by atoms with van der Waals surface area (Å²) in [5.41, 5.74) is 0.824. The Balaban J connectivity index is 1.60. The summed E-state index contributed by atoms with van der Waals surface area (Å²) in [6, 6.07) is 15.2. The zero-order chi connectivity index (χ0) is 23.3. The lowest BCUT2D eigenvalue weighted by atomic mass is 10.1. The van der Waals surface area contributed by atoms with Gasteiger partial charge in [-0.05, 0) is 48.5 Å². The summed E-state index contributed by atoms with van der Waals surface area (Å²) >= 11 is 20.0. The predicted molar refractivity (Wildman–Crippen MR) is 131 cm³/mol. The van der Waals surface area contributed by atoms with E-state index >= 15 is 0 Å². The van der Waals surface area contributed by atoms with Crippen LogP contribution in [0.4, 0.5) is 10.1 Å². The summed E-state index contributed by atoms with van der Waals surface area (Å²) < 4.78 is 19.8. The Labute approximate surface area is 205 Å². The van der Waals surface area contributed by atoms with Gasteiger partial charge in [0, 0.05) is 26.1 Å². The monoisotopic (exact) mass is 517 g/mol. The van der Waals surface area contributed by atoms with E-state index in [9.17, 15) is 14.0 Å². The number of ketones is 1. The highest BCUT2D eigenvalue weighted by Gasteiger charge is 2.26. The van der Waals surface area contributed by atoms with E-state index < -0.39 is 17.5 Å². The van der Waals surface area contributed by atoms with Gasteiger partial charge in [0.2, 0.25) is 5.78 Å². The number of carbonyl (C=O) groups excluding carboxylic acids is 2. The van der Waals surface area contributed by atoms with Gasteiger partial charge in [-0.15, -0.1) is 11.3 Å². The second-order valence-electron chi connectivity index (χ2n) is 7.10. The van der Waals surface area contributed by atoms with Crippen LogP contribution in [0.15, 0.2) is 65.1 Å². The Hall–Kier alpha value is -2.90. The van der Waals surface area contributed by atoms with Crippen molar-refractivity contribution in [2.24, 2.45) is 0 Å². The first-order chi connectivity index (χ1) is 15.8. The van der Waals surface area contributed by atoms with Crippen LogP contribution in [0.1, 0.15) is 25.8 Å². The van der Waals surface area contributed by atoms with E-state index in [0.717, 1.165) is 11.3 Å². The number of halogens is 4. The van der Waals surface area contributed by atoms with E-state index in [1.807, 2.05) is 0 Å². The van der Waals surface area contributed by atoms with Crippen molar-refractivity contribution < 1.29 is 18.4 Å². The molecule has 1 N–H and O–H groups in total. The van der Waals surface area contributed by atoms with E-state index in [-0.39, 0.29) is 26.9 Å². The number of carbonyl (C=O) groups is 2. The summed E-state index contributed by atoms with van der Waals surface area (Å²) in [7, 11) is 0. The van der Waals surface area contributed by atoms with Crippen molar-refractivity contribution in [1.29, 1.82) is 0 Å². The molecule has 0 aliphatic heterocycles. The van der Waals surface area contributed by atoms with E-state index in [4.69, 9.17) is 39.2 Å². The van der Waals surface area contributed by atoms with Crippen LogP contribution in [0.5, 0.6) is 0 Å². The van der Waals surface area contributed by atoms with Crippen LogP contribution in [0.25, 0.3) is 21.1 Å². The number of thiophene rings is 1. The number of benzene rings is 3. The fourth-order valence-electron chi connectivity index (χ4n) is 3.49. The SMILES string of the molecule is O=C(c1ccc(F)cc1)c1oc2ccccc2c1NC(=O)c1sc2cc(Cl)cc(Cl)c2c1Cl. The minimum atomic E-state index is -0.534. The molecule has 0 atom stereocenters. The van der Waals surface area contributed by atoms with Crippen molar-refractivity contribution in [1.82, 2.24) is 0 Å². The number of amides is 1. The Morgan fingerprint density at radius 1 is 0.970 bits per heavy atom. The zero-order valence-electron chi connectivity index (χ0n) is 16.4. The highest BCUT2D eigenvalue weighted by atomic mass is 35.5. The molecule has 0 unspecified atom stereocenters. The summed E-state index contributed by atoms with van der Waals surface area (Å²) in [5.74, 6) is -1.58. The van der Waals surface area contributed by atoms with Crippen LogP contribution >= 0.6 is 46.1 Å². The van der Waals surface area contributed by atoms with Crippen molar-refractivity contribution >= 4 is 84.6 Å². The van der Waals surface area contributed by atoms with E-state index in [0.29, 0.717) is 31.1 Å². The highest BCUT2D eigenvalue weighted by molar-refractivity contribution is 7.21. The van der Waals surface area contributed by atoms with E-state index in [1.54, 1.807) is 36.4 Å². The maximum absolute atomic E-state index is 13.3. The zero-order valence-corrected chi connectivity index (χ0v) is 19.5. The van der Waals surface area contributed by atoms with Crippen LogP contribution < -0.4 is 5.32 Å². The predicted octanol–water partition coefficient (Wildman–Crippen LogP) is 8.23. The minimum absolute atomic E-state index is 0.0746. The molecule has 0 saturated heterocycles. The number of fused-ring (bicyclic) bond motifs is 2. The lowest BCUT2D eigenvalue weighted by Gasteiger charge is -2.05. The fraction of sp³-hybridized carbons (Fsp3) is 0. The van der Waals surface area contributed by atoms with Gasteiger partial charge in [-0.1, -0.05) is 46.9 Å². The molecule has 0 aliphatic carbocycles. The van der Waals surface area contributed by atoms with Gasteiger partial charge in [-0.25, -0.2) is 4.39 Å². The van der Waals surface area contributed by atoms with Gasteiger partial charge in [-0.3, -0.25) is 9.59 Å². The molecule has 0 spiro atoms. The molecule has 0 fully saturated rings. The molecule has 164 valence electrons. The molecule has 5 rings (SSSR count). The number of hydrogen-bond donors (Lipinski definition) is 1. The minimum Gasteiger partial charge on any atom is -0.450 e. The molecule has 0 saturated carbocycles. The number of nitrogens with one attached hydrogen (secondary N) is 1. The Bertz CT molecular complexity index is 1570. The third kappa shape index (κ3) is 3.89. The van der Waals surface area contributed by atoms with Crippen molar-refractivity contribution in [3.63, 3.8) is 0 Å². The summed E-state index contributed by atoms with van der Waals surface area (Å²) in [6.45, 7) is 0. The van der Waals surface area contributed by atoms with Crippen LogP contribution in [-0.2, 0) is 0 Å². The largest absolute Gasteiger partial charge is 0.450 e. The summed E-state index contributed by atoms with van der Waals surface area (Å²) in [5, 5.41) is 4.77. The molecule has 1 amide bonds. The molecule has 0 radical (unpaired) electrons. The summed E-state index contributed by atoms with van der Waals surface area (Å²) in [6.07, 6.45) is 0. The van der Waals surface area contributed by atoms with Crippen molar-refractivity contribution in [3.05, 3.63) is 97.7 Å². The molecule has 0 aliphatic rings. The number of rotatable bonds is 4. The standard InChI is InChI=1S/C24H11Cl3FNO3S/c25-12-9-15(26)18-17(10-12)33-23(19(18)27)24(31)29-20-14-3-1-2-4-16(14)32-22(20)21(30)11-5-7-13(28)8-6-11/h1-10H,(H,29,31). The molecular weight excluding hydrogens is 508 g/mol. The first-order valence-electron chi connectivity index (χ1n) is 9.53. The summed E-state index contributed by atoms with van der Waals surface area (Å²) in [4.78, 5) is 26.6. The van der Waals surface area contributed by atoms with Crippen molar-refractivity contribution in [2.75, 3.05) is 5.32 Å². The lowest BCUT2D eigenvalue weighted by Crippen LogP contribution is -2.13. The second-order valence-corrected chi connectivity index (χ2v) is 9.37. The molecule has 3 aromatic carbocycles. The Morgan fingerprint density at radius 2 is 1.70 bits per heavy atom. The third-order valence-electron chi connectivity index (χ3n) is 5.00. The van der Waals surface area contributed by atoms with E-state index in [2.05, 4.69) is 5.32 Å². The van der Waals surface area contributed by atoms with Gasteiger partial charge in [0.25, 0.3) is 5.91 Å². The van der Waals surface area contributed by atoms with Gasteiger partial charge in [0.05, 0.1) is 15.7 Å². The normalized spacial score (nSPS) is 11.3. The van der Waals surface area contributed by atoms with Crippen LogP contribution in [0.3, 0.4) is 0 Å². The first-order valence-corrected chi connectivity index (χ1v) is 11.5. The number of furan rings is 1. The van der Waals surface area contributed by atoms with Gasteiger partial charge >= 0.3 is 0 Å². The molecular formula is C24H11Cl3FNO3S. The Morgan fingerprint density at radius 3 is 2.45 bits per heavy atom. The lowest BCUT2D eigenvalue weighted by molar-refractivity contribution is 0.101. The quantitative estimate of drug-likeness (QED) is 0.244. The van der Waals surface area contributed by atoms with Crippen molar-refractivity contribution in [2.45, 2.75) is 0 Å². The molecule has 2 heterocycles. The van der Waals surface area contributed by atoms with Crippen LogP contribution in [0.2, 0.25) is 15.1 Å². The smallest absolute Gasteiger partial charge is 0.267 e. The number of para-hydroxylation sites is 1. The molecule has 4 nitrogen and oxygen atoms in total. The van der Waals surface area contributed by atoms with Gasteiger partial charge < -0.3 is 9.73 Å². The number of hydrogen-bond acceptors (Lipinski definition) is 4. The van der Waals surface area contributed by atoms with Crippen molar-refractivity contribution in [3.8, 4) is 0 Å².